The molecular weight excluding hydrogens is 393 g/mol. The Hall–Kier alpha value is -2.96. The number of alkyl halides is 3. The molecule has 7 heteroatoms. The van der Waals surface area contributed by atoms with E-state index in [1.54, 1.807) is 18.3 Å². The minimum atomic E-state index is -4.33. The van der Waals surface area contributed by atoms with Crippen LogP contribution in [0.4, 0.5) is 18.9 Å². The Kier molecular flexibility index (Phi) is 4.79. The quantitative estimate of drug-likeness (QED) is 0.539. The second kappa shape index (κ2) is 7.07. The SMILES string of the molecule is CC(=O)Nc1c[nH]c2ccc(O[C@H]3C[C@@H](c4ccc(C(F)(F)F)cc4)C3(C)C)cc12. The van der Waals surface area contributed by atoms with Gasteiger partial charge in [-0.05, 0) is 48.2 Å². The number of rotatable bonds is 4. The van der Waals surface area contributed by atoms with Gasteiger partial charge in [-0.25, -0.2) is 0 Å². The molecule has 30 heavy (non-hydrogen) atoms. The summed E-state index contributed by atoms with van der Waals surface area (Å²) < 4.78 is 44.7. The molecule has 1 aromatic heterocycles. The number of fused-ring (bicyclic) bond motifs is 1. The topological polar surface area (TPSA) is 54.1 Å². The zero-order chi connectivity index (χ0) is 21.7. The molecule has 1 aliphatic rings. The second-order valence-corrected chi connectivity index (χ2v) is 8.43. The summed E-state index contributed by atoms with van der Waals surface area (Å²) in [6, 6.07) is 11.1. The smallest absolute Gasteiger partial charge is 0.416 e. The van der Waals surface area contributed by atoms with Gasteiger partial charge in [-0.1, -0.05) is 26.0 Å². The fourth-order valence-corrected chi connectivity index (χ4v) is 4.19. The van der Waals surface area contributed by atoms with E-state index in [-0.39, 0.29) is 23.3 Å². The van der Waals surface area contributed by atoms with Crippen LogP contribution in [0.2, 0.25) is 0 Å². The first-order valence-corrected chi connectivity index (χ1v) is 9.78. The molecule has 1 aliphatic carbocycles. The Labute approximate surface area is 172 Å². The van der Waals surface area contributed by atoms with Crippen molar-refractivity contribution in [3.63, 3.8) is 0 Å². The Bertz CT molecular complexity index is 1080. The molecule has 0 radical (unpaired) electrons. The normalized spacial score (nSPS) is 20.6. The summed E-state index contributed by atoms with van der Waals surface area (Å²) >= 11 is 0. The fraction of sp³-hybridized carbons (Fsp3) is 0.348. The predicted octanol–water partition coefficient (Wildman–Crippen LogP) is 6.11. The highest BCUT2D eigenvalue weighted by molar-refractivity contribution is 6.01. The van der Waals surface area contributed by atoms with Crippen molar-refractivity contribution in [3.8, 4) is 5.75 Å². The third-order valence-electron chi connectivity index (χ3n) is 6.06. The van der Waals surface area contributed by atoms with Gasteiger partial charge < -0.3 is 15.0 Å². The van der Waals surface area contributed by atoms with E-state index in [0.29, 0.717) is 11.4 Å². The van der Waals surface area contributed by atoms with E-state index < -0.39 is 11.7 Å². The molecule has 158 valence electrons. The fourth-order valence-electron chi connectivity index (χ4n) is 4.19. The van der Waals surface area contributed by atoms with E-state index in [1.807, 2.05) is 18.2 Å². The van der Waals surface area contributed by atoms with Gasteiger partial charge in [0.25, 0.3) is 0 Å². The summed E-state index contributed by atoms with van der Waals surface area (Å²) in [5, 5.41) is 3.65. The van der Waals surface area contributed by atoms with Crippen molar-refractivity contribution in [1.82, 2.24) is 4.98 Å². The Morgan fingerprint density at radius 1 is 1.17 bits per heavy atom. The minimum absolute atomic E-state index is 0.0644. The summed E-state index contributed by atoms with van der Waals surface area (Å²) in [4.78, 5) is 14.5. The highest BCUT2D eigenvalue weighted by atomic mass is 19.4. The lowest BCUT2D eigenvalue weighted by atomic mass is 9.57. The van der Waals surface area contributed by atoms with Gasteiger partial charge in [0.05, 0.1) is 11.3 Å². The molecule has 4 nitrogen and oxygen atoms in total. The van der Waals surface area contributed by atoms with Gasteiger partial charge >= 0.3 is 6.18 Å². The lowest BCUT2D eigenvalue weighted by Gasteiger charge is -2.51. The molecule has 1 heterocycles. The van der Waals surface area contributed by atoms with E-state index in [1.165, 1.54) is 6.92 Å². The van der Waals surface area contributed by atoms with Crippen LogP contribution in [0, 0.1) is 5.41 Å². The van der Waals surface area contributed by atoms with Crippen LogP contribution in [0.1, 0.15) is 44.2 Å². The molecule has 2 aromatic carbocycles. The van der Waals surface area contributed by atoms with E-state index >= 15 is 0 Å². The number of nitrogens with one attached hydrogen (secondary N) is 2. The average molecular weight is 416 g/mol. The minimum Gasteiger partial charge on any atom is -0.490 e. The summed E-state index contributed by atoms with van der Waals surface area (Å²) in [6.07, 6.45) is -1.93. The van der Waals surface area contributed by atoms with Gasteiger partial charge in [-0.2, -0.15) is 13.2 Å². The van der Waals surface area contributed by atoms with Gasteiger partial charge in [0.1, 0.15) is 11.9 Å². The maximum Gasteiger partial charge on any atom is 0.416 e. The lowest BCUT2D eigenvalue weighted by molar-refractivity contribution is -0.137. The Morgan fingerprint density at radius 2 is 1.87 bits per heavy atom. The van der Waals surface area contributed by atoms with Crippen molar-refractivity contribution in [1.29, 1.82) is 0 Å². The summed E-state index contributed by atoms with van der Waals surface area (Å²) in [5.41, 5.74) is 1.61. The van der Waals surface area contributed by atoms with Crippen LogP contribution in [-0.4, -0.2) is 17.0 Å². The first-order chi connectivity index (χ1) is 14.1. The van der Waals surface area contributed by atoms with Crippen LogP contribution in [0.25, 0.3) is 10.9 Å². The number of H-pyrrole nitrogens is 1. The van der Waals surface area contributed by atoms with Crippen LogP contribution >= 0.6 is 0 Å². The monoisotopic (exact) mass is 416 g/mol. The van der Waals surface area contributed by atoms with Gasteiger partial charge in [-0.3, -0.25) is 4.79 Å². The van der Waals surface area contributed by atoms with Crippen molar-refractivity contribution in [2.75, 3.05) is 5.32 Å². The molecule has 1 saturated carbocycles. The molecule has 0 spiro atoms. The van der Waals surface area contributed by atoms with Crippen molar-refractivity contribution in [3.05, 3.63) is 59.8 Å². The molecule has 1 amide bonds. The van der Waals surface area contributed by atoms with Crippen molar-refractivity contribution in [2.45, 2.75) is 45.4 Å². The molecule has 0 aliphatic heterocycles. The van der Waals surface area contributed by atoms with E-state index in [2.05, 4.69) is 24.1 Å². The number of ether oxygens (including phenoxy) is 1. The van der Waals surface area contributed by atoms with E-state index in [9.17, 15) is 18.0 Å². The molecule has 3 aromatic rings. The molecule has 0 bridgehead atoms. The van der Waals surface area contributed by atoms with Gasteiger partial charge in [0, 0.05) is 29.4 Å². The molecule has 2 atom stereocenters. The number of hydrogen-bond donors (Lipinski definition) is 2. The first kappa shape index (κ1) is 20.3. The number of aromatic nitrogens is 1. The van der Waals surface area contributed by atoms with Crippen molar-refractivity contribution in [2.24, 2.45) is 5.41 Å². The van der Waals surface area contributed by atoms with E-state index in [0.717, 1.165) is 35.0 Å². The number of carbonyl (C=O) groups excluding carboxylic acids is 1. The number of benzene rings is 2. The third kappa shape index (κ3) is 3.64. The number of anilines is 1. The molecule has 4 rings (SSSR count). The maximum absolute atomic E-state index is 12.8. The summed E-state index contributed by atoms with van der Waals surface area (Å²) in [6.45, 7) is 5.60. The van der Waals surface area contributed by atoms with E-state index in [4.69, 9.17) is 4.74 Å². The second-order valence-electron chi connectivity index (χ2n) is 8.43. The highest BCUT2D eigenvalue weighted by Crippen LogP contribution is 2.54. The van der Waals surface area contributed by atoms with Gasteiger partial charge in [0.2, 0.25) is 5.91 Å². The van der Waals surface area contributed by atoms with Crippen molar-refractivity contribution >= 4 is 22.5 Å². The Morgan fingerprint density at radius 3 is 2.47 bits per heavy atom. The first-order valence-electron chi connectivity index (χ1n) is 9.78. The number of carbonyl (C=O) groups is 1. The largest absolute Gasteiger partial charge is 0.490 e. The maximum atomic E-state index is 12.8. The molecule has 0 unspecified atom stereocenters. The van der Waals surface area contributed by atoms with Crippen LogP contribution < -0.4 is 10.1 Å². The number of hydrogen-bond acceptors (Lipinski definition) is 2. The van der Waals surface area contributed by atoms with Gasteiger partial charge in [-0.15, -0.1) is 0 Å². The Balaban J connectivity index is 1.49. The standard InChI is InChI=1S/C23H23F3N2O2/c1-13(29)28-20-12-27-19-9-8-16(10-17(19)20)30-21-11-18(22(21,2)3)14-4-6-15(7-5-14)23(24,25)26/h4-10,12,18,21,27H,11H2,1-3H3,(H,28,29)/t18-,21-/m0/s1. The van der Waals surface area contributed by atoms with Crippen LogP contribution in [0.5, 0.6) is 5.75 Å². The van der Waals surface area contributed by atoms with Crippen molar-refractivity contribution < 1.29 is 22.7 Å². The van der Waals surface area contributed by atoms with Gasteiger partial charge in [0.15, 0.2) is 0 Å². The molecule has 0 saturated heterocycles. The summed E-state index contributed by atoms with van der Waals surface area (Å²) in [5.74, 6) is 0.662. The molecule has 1 fully saturated rings. The molecule has 2 N–H and O–H groups in total. The predicted molar refractivity (Wildman–Crippen MR) is 110 cm³/mol. The van der Waals surface area contributed by atoms with Crippen LogP contribution in [0.15, 0.2) is 48.7 Å². The van der Waals surface area contributed by atoms with Crippen LogP contribution in [-0.2, 0) is 11.0 Å². The number of amides is 1. The highest BCUT2D eigenvalue weighted by Gasteiger charge is 2.50. The zero-order valence-corrected chi connectivity index (χ0v) is 16.9. The number of halogens is 3. The third-order valence-corrected chi connectivity index (χ3v) is 6.06. The lowest BCUT2D eigenvalue weighted by Crippen LogP contribution is -2.50. The number of aromatic amines is 1. The van der Waals surface area contributed by atoms with Crippen LogP contribution in [0.3, 0.4) is 0 Å². The average Bonchev–Trinajstić information content (AvgIpc) is 3.06. The molecular formula is C23H23F3N2O2. The zero-order valence-electron chi connectivity index (χ0n) is 16.9. The summed E-state index contributed by atoms with van der Waals surface area (Å²) in [7, 11) is 0.